The summed E-state index contributed by atoms with van der Waals surface area (Å²) in [4.78, 5) is 23.4. The van der Waals surface area contributed by atoms with Crippen LogP contribution in [0.15, 0.2) is 36.8 Å². The molecule has 0 spiro atoms. The van der Waals surface area contributed by atoms with Crippen molar-refractivity contribution in [3.63, 3.8) is 0 Å². The van der Waals surface area contributed by atoms with Gasteiger partial charge in [-0.1, -0.05) is 16.8 Å². The van der Waals surface area contributed by atoms with Gasteiger partial charge in [0, 0.05) is 44.0 Å². The maximum atomic E-state index is 13.1. The van der Waals surface area contributed by atoms with Crippen LogP contribution in [0, 0.1) is 11.3 Å². The number of nitrogens with one attached hydrogen (secondary N) is 1. The highest BCUT2D eigenvalue weighted by Crippen LogP contribution is 2.27. The van der Waals surface area contributed by atoms with Gasteiger partial charge in [0.2, 0.25) is 0 Å². The Balaban J connectivity index is 1.44. The van der Waals surface area contributed by atoms with E-state index in [9.17, 15) is 10.1 Å². The molecule has 1 fully saturated rings. The quantitative estimate of drug-likeness (QED) is 0.551. The fourth-order valence-corrected chi connectivity index (χ4v) is 4.19. The lowest BCUT2D eigenvalue weighted by Gasteiger charge is -2.20. The van der Waals surface area contributed by atoms with Crippen LogP contribution in [0.5, 0.6) is 5.75 Å². The fraction of sp³-hybridized carbons (Fsp3) is 0.364. The third-order valence-electron chi connectivity index (χ3n) is 5.68. The van der Waals surface area contributed by atoms with Gasteiger partial charge < -0.3 is 19.7 Å². The smallest absolute Gasteiger partial charge is 0.251 e. The number of aromatic nitrogens is 5. The maximum absolute atomic E-state index is 13.1. The molecule has 1 aromatic carbocycles. The third kappa shape index (κ3) is 4.64. The molecular formula is C22H21ClN8O3. The van der Waals surface area contributed by atoms with Crippen LogP contribution in [0.1, 0.15) is 28.2 Å². The van der Waals surface area contributed by atoms with Crippen molar-refractivity contribution in [1.29, 1.82) is 5.26 Å². The van der Waals surface area contributed by atoms with E-state index in [4.69, 9.17) is 21.1 Å². The highest BCUT2D eigenvalue weighted by atomic mass is 35.5. The Morgan fingerprint density at radius 1 is 1.24 bits per heavy atom. The monoisotopic (exact) mass is 480 g/mol. The number of fused-ring (bicyclic) bond motifs is 5. The summed E-state index contributed by atoms with van der Waals surface area (Å²) < 4.78 is 13.7. The number of carbonyl (C=O) groups excluding carboxylic acids is 1. The van der Waals surface area contributed by atoms with E-state index in [1.54, 1.807) is 22.9 Å². The number of carbonyl (C=O) groups is 1. The molecule has 12 heteroatoms. The van der Waals surface area contributed by atoms with Gasteiger partial charge in [-0.15, -0.1) is 5.10 Å². The molecule has 1 N–H and O–H groups in total. The fourth-order valence-electron chi connectivity index (χ4n) is 4.02. The number of ether oxygens (including phenoxy) is 2. The van der Waals surface area contributed by atoms with Crippen LogP contribution in [0.3, 0.4) is 0 Å². The molecule has 11 nitrogen and oxygen atoms in total. The van der Waals surface area contributed by atoms with Crippen molar-refractivity contribution < 1.29 is 14.3 Å². The van der Waals surface area contributed by atoms with Gasteiger partial charge in [0.15, 0.2) is 11.5 Å². The minimum absolute atomic E-state index is 0.217. The van der Waals surface area contributed by atoms with Gasteiger partial charge in [-0.2, -0.15) is 5.26 Å². The molecule has 0 unspecified atom stereocenters. The van der Waals surface area contributed by atoms with E-state index >= 15 is 0 Å². The van der Waals surface area contributed by atoms with Gasteiger partial charge in [0.05, 0.1) is 36.6 Å². The average molecular weight is 481 g/mol. The van der Waals surface area contributed by atoms with Crippen molar-refractivity contribution >= 4 is 23.3 Å². The van der Waals surface area contributed by atoms with E-state index in [1.807, 2.05) is 11.1 Å². The molecule has 4 bridgehead atoms. The topological polar surface area (TPSA) is 131 Å². The Hall–Kier alpha value is -3.75. The van der Waals surface area contributed by atoms with Crippen LogP contribution in [0.4, 0.5) is 5.82 Å². The summed E-state index contributed by atoms with van der Waals surface area (Å²) >= 11 is 6.27. The first-order chi connectivity index (χ1) is 16.6. The molecule has 2 aliphatic rings. The molecule has 0 aliphatic carbocycles. The Labute approximate surface area is 200 Å². The lowest BCUT2D eigenvalue weighted by atomic mass is 10.1. The summed E-state index contributed by atoms with van der Waals surface area (Å²) in [5, 5.41) is 21.2. The molecule has 4 heterocycles. The summed E-state index contributed by atoms with van der Waals surface area (Å²) in [6.07, 6.45) is 5.15. The van der Waals surface area contributed by atoms with Crippen LogP contribution < -0.4 is 15.0 Å². The molecule has 0 radical (unpaired) electrons. The summed E-state index contributed by atoms with van der Waals surface area (Å²) in [6.45, 7) is 2.08. The Morgan fingerprint density at radius 2 is 2.12 bits per heavy atom. The first-order valence-corrected chi connectivity index (χ1v) is 11.2. The van der Waals surface area contributed by atoms with E-state index in [-0.39, 0.29) is 30.4 Å². The molecule has 34 heavy (non-hydrogen) atoms. The maximum Gasteiger partial charge on any atom is 0.251 e. The summed E-state index contributed by atoms with van der Waals surface area (Å²) in [7, 11) is 0. The Morgan fingerprint density at radius 3 is 3.00 bits per heavy atom. The number of benzene rings is 1. The second-order valence-electron chi connectivity index (χ2n) is 7.99. The largest absolute Gasteiger partial charge is 0.492 e. The minimum atomic E-state index is -0.376. The number of hydrogen-bond acceptors (Lipinski definition) is 9. The zero-order chi connectivity index (χ0) is 23.5. The van der Waals surface area contributed by atoms with Gasteiger partial charge in [-0.25, -0.2) is 9.97 Å². The highest BCUT2D eigenvalue weighted by Gasteiger charge is 2.37. The standard InChI is InChI=1S/C22H21ClN8O3/c23-16-3-2-14-8-19(16)33-7-1-6-31-10-15(28-29-31)13-34-20-12-30(11-18(20)27-22(14)32)21-17(9-24)25-4-5-26-21/h2-5,8,10,18,20H,1,6-7,11-13H2,(H,27,32)/t18-,20-/m0/s1. The van der Waals surface area contributed by atoms with Crippen LogP contribution in [-0.4, -0.2) is 62.7 Å². The zero-order valence-electron chi connectivity index (χ0n) is 18.1. The Bertz CT molecular complexity index is 1240. The van der Waals surface area contributed by atoms with Gasteiger partial charge in [-0.05, 0) is 18.2 Å². The number of amides is 1. The number of anilines is 1. The van der Waals surface area contributed by atoms with Crippen LogP contribution in [-0.2, 0) is 17.9 Å². The van der Waals surface area contributed by atoms with Crippen molar-refractivity contribution in [1.82, 2.24) is 30.3 Å². The summed E-state index contributed by atoms with van der Waals surface area (Å²) in [6, 6.07) is 6.63. The van der Waals surface area contributed by atoms with Crippen molar-refractivity contribution in [2.75, 3.05) is 24.6 Å². The molecule has 3 aromatic rings. The first kappa shape index (κ1) is 22.1. The highest BCUT2D eigenvalue weighted by molar-refractivity contribution is 6.32. The van der Waals surface area contributed by atoms with Gasteiger partial charge in [0.25, 0.3) is 5.91 Å². The van der Waals surface area contributed by atoms with E-state index in [0.717, 1.165) is 0 Å². The third-order valence-corrected chi connectivity index (χ3v) is 5.99. The number of hydrogen-bond donors (Lipinski definition) is 1. The SMILES string of the molecule is N#Cc1nccnc1N1C[C@@H]2NC(=O)c3ccc(Cl)c(c3)OCCCn3cc(nn3)CO[C@H]2C1. The lowest BCUT2D eigenvalue weighted by Crippen LogP contribution is -2.44. The van der Waals surface area contributed by atoms with Gasteiger partial charge in [0.1, 0.15) is 17.5 Å². The molecule has 1 saturated heterocycles. The molecule has 0 saturated carbocycles. The van der Waals surface area contributed by atoms with Gasteiger partial charge >= 0.3 is 0 Å². The number of halogens is 1. The van der Waals surface area contributed by atoms with E-state index < -0.39 is 0 Å². The normalized spacial score (nSPS) is 20.7. The molecule has 1 amide bonds. The van der Waals surface area contributed by atoms with Crippen molar-refractivity contribution in [3.05, 3.63) is 58.8 Å². The van der Waals surface area contributed by atoms with E-state index in [1.165, 1.54) is 12.4 Å². The predicted molar refractivity (Wildman–Crippen MR) is 120 cm³/mol. The second-order valence-corrected chi connectivity index (χ2v) is 8.40. The van der Waals surface area contributed by atoms with Crippen LogP contribution in [0.25, 0.3) is 0 Å². The number of nitriles is 1. The summed E-state index contributed by atoms with van der Waals surface area (Å²) in [5.41, 5.74) is 1.33. The number of rotatable bonds is 1. The second kappa shape index (κ2) is 9.62. The average Bonchev–Trinajstić information content (AvgIpc) is 3.47. The Kier molecular flexibility index (Phi) is 6.24. The minimum Gasteiger partial charge on any atom is -0.492 e. The first-order valence-electron chi connectivity index (χ1n) is 10.8. The van der Waals surface area contributed by atoms with Crippen molar-refractivity contribution in [2.45, 2.75) is 31.7 Å². The molecular weight excluding hydrogens is 460 g/mol. The molecule has 5 rings (SSSR count). The molecule has 2 aliphatic heterocycles. The lowest BCUT2D eigenvalue weighted by molar-refractivity contribution is 0.0347. The van der Waals surface area contributed by atoms with Crippen LogP contribution >= 0.6 is 11.6 Å². The van der Waals surface area contributed by atoms with Crippen LogP contribution in [0.2, 0.25) is 5.02 Å². The number of aryl methyl sites for hydroxylation is 1. The number of nitrogens with zero attached hydrogens (tertiary/aromatic N) is 7. The molecule has 2 atom stereocenters. The molecule has 174 valence electrons. The van der Waals surface area contributed by atoms with Crippen molar-refractivity contribution in [3.8, 4) is 11.8 Å². The van der Waals surface area contributed by atoms with Crippen molar-refractivity contribution in [2.24, 2.45) is 0 Å². The zero-order valence-corrected chi connectivity index (χ0v) is 18.9. The van der Waals surface area contributed by atoms with E-state index in [2.05, 4.69) is 31.7 Å². The predicted octanol–water partition coefficient (Wildman–Crippen LogP) is 1.58. The van der Waals surface area contributed by atoms with E-state index in [0.29, 0.717) is 60.5 Å². The molecule has 2 aromatic heterocycles. The van der Waals surface area contributed by atoms with Gasteiger partial charge in [-0.3, -0.25) is 9.48 Å². The summed E-state index contributed by atoms with van der Waals surface area (Å²) in [5.74, 6) is 0.619.